The largest absolute Gasteiger partial charge is 0.480 e. The van der Waals surface area contributed by atoms with E-state index in [0.29, 0.717) is 12.2 Å². The fraction of sp³-hybridized carbons (Fsp3) is 0.600. The zero-order valence-electron chi connectivity index (χ0n) is 10.3. The van der Waals surface area contributed by atoms with Gasteiger partial charge in [-0.1, -0.05) is 6.92 Å². The van der Waals surface area contributed by atoms with E-state index in [1.165, 1.54) is 7.11 Å². The average molecular weight is 256 g/mol. The Morgan fingerprint density at radius 2 is 2.28 bits per heavy atom. The Labute approximate surface area is 104 Å². The van der Waals surface area contributed by atoms with Gasteiger partial charge >= 0.3 is 5.97 Å². The molecule has 0 saturated carbocycles. The number of aliphatic carboxylic acids is 1. The Balaban J connectivity index is 2.62. The highest BCUT2D eigenvalue weighted by Gasteiger charge is 2.22. The van der Waals surface area contributed by atoms with Gasteiger partial charge in [0.2, 0.25) is 5.82 Å². The number of aryl methyl sites for hydroxylation is 1. The summed E-state index contributed by atoms with van der Waals surface area (Å²) in [5.74, 6) is -1.22. The molecule has 0 aromatic carbocycles. The number of ether oxygens (including phenoxy) is 1. The van der Waals surface area contributed by atoms with Crippen LogP contribution in [0.15, 0.2) is 0 Å². The first-order chi connectivity index (χ1) is 8.58. The van der Waals surface area contributed by atoms with Crippen LogP contribution < -0.4 is 5.32 Å². The van der Waals surface area contributed by atoms with E-state index in [4.69, 9.17) is 9.84 Å². The van der Waals surface area contributed by atoms with Crippen molar-refractivity contribution in [3.8, 4) is 0 Å². The van der Waals surface area contributed by atoms with Crippen LogP contribution >= 0.6 is 0 Å². The smallest absolute Gasteiger partial charge is 0.326 e. The third kappa shape index (κ3) is 3.81. The second-order valence-electron chi connectivity index (χ2n) is 3.61. The minimum Gasteiger partial charge on any atom is -0.480 e. The molecule has 0 aliphatic carbocycles. The summed E-state index contributed by atoms with van der Waals surface area (Å²) in [7, 11) is 1.46. The Kier molecular flexibility index (Phi) is 5.25. The van der Waals surface area contributed by atoms with Crippen LogP contribution in [0.3, 0.4) is 0 Å². The lowest BCUT2D eigenvalue weighted by Gasteiger charge is -2.12. The van der Waals surface area contributed by atoms with Crippen LogP contribution in [0.25, 0.3) is 0 Å². The second kappa shape index (κ2) is 6.70. The first kappa shape index (κ1) is 14.1. The molecular formula is C10H16N4O4. The van der Waals surface area contributed by atoms with Crippen molar-refractivity contribution in [2.24, 2.45) is 0 Å². The highest BCUT2D eigenvalue weighted by atomic mass is 16.5. The Hall–Kier alpha value is -1.96. The number of carboxylic acids is 1. The van der Waals surface area contributed by atoms with Gasteiger partial charge in [-0.05, 0) is 0 Å². The number of methoxy groups -OCH3 is 1. The lowest BCUT2D eigenvalue weighted by atomic mass is 10.2. The predicted molar refractivity (Wildman–Crippen MR) is 61.1 cm³/mol. The lowest BCUT2D eigenvalue weighted by molar-refractivity contribution is -0.139. The maximum absolute atomic E-state index is 11.7. The van der Waals surface area contributed by atoms with Gasteiger partial charge in [-0.25, -0.2) is 9.78 Å². The molecule has 3 N–H and O–H groups in total. The van der Waals surface area contributed by atoms with Crippen LogP contribution in [-0.2, 0) is 16.0 Å². The van der Waals surface area contributed by atoms with E-state index in [2.05, 4.69) is 20.5 Å². The number of aromatic amines is 1. The Bertz CT molecular complexity index is 418. The Morgan fingerprint density at radius 3 is 2.78 bits per heavy atom. The summed E-state index contributed by atoms with van der Waals surface area (Å²) in [6.45, 7) is 2.10. The average Bonchev–Trinajstić information content (AvgIpc) is 2.82. The van der Waals surface area contributed by atoms with Crippen LogP contribution in [0, 0.1) is 0 Å². The van der Waals surface area contributed by atoms with Gasteiger partial charge in [0.1, 0.15) is 11.9 Å². The van der Waals surface area contributed by atoms with Crippen molar-refractivity contribution < 1.29 is 19.4 Å². The molecule has 0 radical (unpaired) electrons. The summed E-state index contributed by atoms with van der Waals surface area (Å²) in [4.78, 5) is 26.5. The molecule has 0 bridgehead atoms. The topological polar surface area (TPSA) is 117 Å². The monoisotopic (exact) mass is 256 g/mol. The van der Waals surface area contributed by atoms with Crippen LogP contribution in [0.4, 0.5) is 0 Å². The van der Waals surface area contributed by atoms with Crippen molar-refractivity contribution in [3.63, 3.8) is 0 Å². The van der Waals surface area contributed by atoms with Crippen molar-refractivity contribution in [3.05, 3.63) is 11.6 Å². The molecule has 0 fully saturated rings. The minimum absolute atomic E-state index is 0.0597. The van der Waals surface area contributed by atoms with Gasteiger partial charge in [0.15, 0.2) is 0 Å². The van der Waals surface area contributed by atoms with Crippen LogP contribution in [-0.4, -0.2) is 51.9 Å². The van der Waals surface area contributed by atoms with E-state index in [1.807, 2.05) is 6.92 Å². The van der Waals surface area contributed by atoms with Crippen molar-refractivity contribution in [1.82, 2.24) is 20.5 Å². The number of amides is 1. The highest BCUT2D eigenvalue weighted by molar-refractivity contribution is 5.93. The van der Waals surface area contributed by atoms with Gasteiger partial charge in [0.25, 0.3) is 5.91 Å². The molecule has 1 amide bonds. The Morgan fingerprint density at radius 1 is 1.56 bits per heavy atom. The summed E-state index contributed by atoms with van der Waals surface area (Å²) < 4.78 is 4.78. The van der Waals surface area contributed by atoms with E-state index in [9.17, 15) is 9.59 Å². The number of carbonyl (C=O) groups is 2. The number of nitrogens with one attached hydrogen (secondary N) is 2. The summed E-state index contributed by atoms with van der Waals surface area (Å²) in [5, 5.41) is 17.6. The van der Waals surface area contributed by atoms with E-state index in [0.717, 1.165) is 0 Å². The van der Waals surface area contributed by atoms with Crippen molar-refractivity contribution in [2.75, 3.05) is 13.7 Å². The summed E-state index contributed by atoms with van der Waals surface area (Å²) in [6, 6.07) is -1.01. The molecule has 0 saturated heterocycles. The third-order valence-electron chi connectivity index (χ3n) is 2.28. The highest BCUT2D eigenvalue weighted by Crippen LogP contribution is 1.98. The quantitative estimate of drug-likeness (QED) is 0.610. The molecule has 1 rings (SSSR count). The SMILES string of the molecule is CCc1nc(C(=O)NC(CCOC)C(=O)O)n[nH]1. The maximum atomic E-state index is 11.7. The number of hydrogen-bond donors (Lipinski definition) is 3. The number of hydrogen-bond acceptors (Lipinski definition) is 5. The molecule has 0 aliphatic heterocycles. The first-order valence-corrected chi connectivity index (χ1v) is 5.52. The molecule has 8 heteroatoms. The third-order valence-corrected chi connectivity index (χ3v) is 2.28. The van der Waals surface area contributed by atoms with Gasteiger partial charge in [-0.2, -0.15) is 0 Å². The van der Waals surface area contributed by atoms with Crippen LogP contribution in [0.1, 0.15) is 29.8 Å². The molecule has 18 heavy (non-hydrogen) atoms. The van der Waals surface area contributed by atoms with Crippen molar-refractivity contribution >= 4 is 11.9 Å². The standard InChI is InChI=1S/C10H16N4O4/c1-3-7-12-8(14-13-7)9(15)11-6(10(16)17)4-5-18-2/h6H,3-5H2,1-2H3,(H,11,15)(H,16,17)(H,12,13,14). The molecule has 1 aromatic heterocycles. The molecule has 100 valence electrons. The van der Waals surface area contributed by atoms with Crippen LogP contribution in [0.5, 0.6) is 0 Å². The number of aromatic nitrogens is 3. The minimum atomic E-state index is -1.12. The summed E-state index contributed by atoms with van der Waals surface area (Å²) in [6.07, 6.45) is 0.801. The second-order valence-corrected chi connectivity index (χ2v) is 3.61. The number of carbonyl (C=O) groups excluding carboxylic acids is 1. The van der Waals surface area contributed by atoms with Gasteiger partial charge in [0.05, 0.1) is 0 Å². The fourth-order valence-corrected chi connectivity index (χ4v) is 1.27. The zero-order valence-corrected chi connectivity index (χ0v) is 10.3. The summed E-state index contributed by atoms with van der Waals surface area (Å²) >= 11 is 0. The van der Waals surface area contributed by atoms with Gasteiger partial charge < -0.3 is 15.2 Å². The number of H-pyrrole nitrogens is 1. The van der Waals surface area contributed by atoms with E-state index >= 15 is 0 Å². The predicted octanol–water partition coefficient (Wildman–Crippen LogP) is -0.413. The fourth-order valence-electron chi connectivity index (χ4n) is 1.27. The first-order valence-electron chi connectivity index (χ1n) is 5.52. The van der Waals surface area contributed by atoms with Crippen molar-refractivity contribution in [1.29, 1.82) is 0 Å². The molecule has 0 spiro atoms. The molecule has 0 aliphatic rings. The van der Waals surface area contributed by atoms with Gasteiger partial charge in [-0.3, -0.25) is 9.89 Å². The maximum Gasteiger partial charge on any atom is 0.326 e. The number of carboxylic acid groups (broad SMARTS) is 1. The molecule has 1 heterocycles. The van der Waals surface area contributed by atoms with Crippen LogP contribution in [0.2, 0.25) is 0 Å². The van der Waals surface area contributed by atoms with Gasteiger partial charge in [0, 0.05) is 26.6 Å². The lowest BCUT2D eigenvalue weighted by Crippen LogP contribution is -2.41. The van der Waals surface area contributed by atoms with E-state index in [-0.39, 0.29) is 18.9 Å². The molecule has 1 aromatic rings. The number of rotatable bonds is 7. The molecule has 1 unspecified atom stereocenters. The summed E-state index contributed by atoms with van der Waals surface area (Å²) in [5.41, 5.74) is 0. The van der Waals surface area contributed by atoms with Gasteiger partial charge in [-0.15, -0.1) is 5.10 Å². The number of nitrogens with zero attached hydrogens (tertiary/aromatic N) is 2. The molecular weight excluding hydrogens is 240 g/mol. The van der Waals surface area contributed by atoms with E-state index < -0.39 is 17.9 Å². The molecule has 8 nitrogen and oxygen atoms in total. The van der Waals surface area contributed by atoms with E-state index in [1.54, 1.807) is 0 Å². The normalized spacial score (nSPS) is 12.1. The zero-order chi connectivity index (χ0) is 13.5. The molecule has 1 atom stereocenters. The van der Waals surface area contributed by atoms with Crippen molar-refractivity contribution in [2.45, 2.75) is 25.8 Å².